The van der Waals surface area contributed by atoms with Crippen molar-refractivity contribution in [2.75, 3.05) is 40.9 Å². The number of hydrogen-bond acceptors (Lipinski definition) is 8. The van der Waals surface area contributed by atoms with Crippen LogP contribution < -0.4 is 26.6 Å². The third-order valence-corrected chi connectivity index (χ3v) is 15.6. The van der Waals surface area contributed by atoms with E-state index in [0.717, 1.165) is 45.0 Å². The van der Waals surface area contributed by atoms with Gasteiger partial charge in [0, 0.05) is 45.0 Å². The van der Waals surface area contributed by atoms with Gasteiger partial charge in [-0.3, -0.25) is 24.1 Å². The fraction of sp³-hybridized carbons (Fsp3) is 0.353. The number of unbranched alkanes of at least 4 members (excludes halogenated alkanes) is 10. The molecule has 0 saturated carbocycles. The molecular weight excluding hydrogens is 1300 g/mol. The molecule has 0 aliphatic carbocycles. The zero-order valence-electron chi connectivity index (χ0n) is 50.0. The lowest BCUT2D eigenvalue weighted by Crippen LogP contribution is -2.45. The number of ether oxygens (including phenoxy) is 1. The van der Waals surface area contributed by atoms with Gasteiger partial charge in [-0.25, -0.2) is 0 Å². The predicted molar refractivity (Wildman–Crippen MR) is 368 cm³/mol. The molecule has 2 heterocycles. The number of carbonyl (C=O) groups is 4. The molecule has 1 aliphatic heterocycles. The number of hydrogen-bond donors (Lipinski definition) is 5. The van der Waals surface area contributed by atoms with E-state index in [0.29, 0.717) is 56.8 Å². The minimum absolute atomic E-state index is 0.0655. The molecule has 462 valence electrons. The van der Waals surface area contributed by atoms with Gasteiger partial charge in [0.15, 0.2) is 0 Å². The zero-order valence-corrected chi connectivity index (χ0v) is 55.9. The maximum Gasteiger partial charge on any atom is 0.259 e. The summed E-state index contributed by atoms with van der Waals surface area (Å²) in [6, 6.07) is 49.9. The molecule has 86 heavy (non-hydrogen) atoms. The van der Waals surface area contributed by atoms with Crippen molar-refractivity contribution in [1.29, 1.82) is 0 Å². The Morgan fingerprint density at radius 3 is 1.45 bits per heavy atom. The van der Waals surface area contributed by atoms with E-state index in [9.17, 15) is 19.2 Å². The van der Waals surface area contributed by atoms with E-state index in [1.165, 1.54) is 77.2 Å². The summed E-state index contributed by atoms with van der Waals surface area (Å²) in [5, 5.41) is 14.4. The third kappa shape index (κ3) is 28.9. The van der Waals surface area contributed by atoms with Crippen LogP contribution in [0.15, 0.2) is 168 Å². The van der Waals surface area contributed by atoms with Crippen molar-refractivity contribution in [1.82, 2.24) is 10.2 Å². The van der Waals surface area contributed by atoms with Crippen molar-refractivity contribution in [2.45, 2.75) is 134 Å². The quantitative estimate of drug-likeness (QED) is 0.0148. The Hall–Kier alpha value is -5.62. The Morgan fingerprint density at radius 2 is 1.01 bits per heavy atom. The first-order chi connectivity index (χ1) is 41.3. The van der Waals surface area contributed by atoms with Crippen LogP contribution in [0.1, 0.15) is 140 Å². The van der Waals surface area contributed by atoms with Gasteiger partial charge >= 0.3 is 0 Å². The Morgan fingerprint density at radius 1 is 0.570 bits per heavy atom. The molecule has 1 aliphatic rings. The van der Waals surface area contributed by atoms with E-state index in [4.69, 9.17) is 67.2 Å². The molecule has 4 amide bonds. The molecule has 18 heteroatoms. The fourth-order valence-electron chi connectivity index (χ4n) is 8.99. The number of anilines is 4. The highest BCUT2D eigenvalue weighted by atomic mass is 127. The molecule has 7 aromatic rings. The number of aryl methyl sites for hydroxylation is 3. The monoisotopic (exact) mass is 1380 g/mol. The predicted octanol–water partition coefficient (Wildman–Crippen LogP) is 19.2. The number of rotatable bonds is 22. The van der Waals surface area contributed by atoms with E-state index >= 15 is 0 Å². The average Bonchev–Trinajstić information content (AvgIpc) is 3.07. The number of nitrogens with zero attached hydrogens (tertiary/aromatic N) is 1. The largest absolute Gasteiger partial charge is 0.466 e. The van der Waals surface area contributed by atoms with Crippen LogP contribution in [0.3, 0.4) is 0 Å². The number of benzene rings is 6. The van der Waals surface area contributed by atoms with Crippen LogP contribution in [-0.4, -0.2) is 70.8 Å². The maximum absolute atomic E-state index is 11.9. The van der Waals surface area contributed by atoms with Crippen molar-refractivity contribution in [3.8, 4) is 0 Å². The van der Waals surface area contributed by atoms with Gasteiger partial charge in [-0.1, -0.05) is 214 Å². The highest BCUT2D eigenvalue weighted by Gasteiger charge is 2.32. The van der Waals surface area contributed by atoms with Gasteiger partial charge in [-0.05, 0) is 155 Å². The molecule has 12 nitrogen and oxygen atoms in total. The van der Waals surface area contributed by atoms with Crippen LogP contribution in [0, 0.1) is 24.3 Å². The van der Waals surface area contributed by atoms with Crippen molar-refractivity contribution >= 4 is 127 Å². The molecule has 1 aromatic heterocycles. The smallest absolute Gasteiger partial charge is 0.259 e. The van der Waals surface area contributed by atoms with Gasteiger partial charge in [0.1, 0.15) is 17.7 Å². The number of nitrogens with one attached hydrogen (secondary N) is 5. The van der Waals surface area contributed by atoms with Gasteiger partial charge in [0.05, 0.1) is 33.4 Å². The highest BCUT2D eigenvalue weighted by molar-refractivity contribution is 14.1. The van der Waals surface area contributed by atoms with Gasteiger partial charge in [-0.15, -0.1) is 0 Å². The molecule has 8 rings (SSSR count). The molecule has 0 spiro atoms. The Kier molecular flexibility index (Phi) is 34.5. The van der Waals surface area contributed by atoms with Gasteiger partial charge in [0.2, 0.25) is 10.2 Å². The summed E-state index contributed by atoms with van der Waals surface area (Å²) in [6.07, 6.45) is 16.1. The van der Waals surface area contributed by atoms with Crippen LogP contribution in [-0.2, 0) is 9.53 Å². The molecule has 5 N–H and O–H groups in total. The fourth-order valence-corrected chi connectivity index (χ4v) is 10.3. The standard InChI is InChI=1S/C19H39NO.C14H13NO.C13H10INO.C13H13NO2.C9H7Cl5N2O/c1-4-5-6-7-8-9-10-11-12-13-14-15-20-16-18(2)21-19(3)17-20;1-11-7-5-6-10-13(11)14(16)15-12-8-3-2-4-9-12;14-12-9-5-4-8-11(12)13(16)15-10-6-2-1-3-7-10;1-9-8-12(10(2)16-9)13(15)14-11-6-4-3-5-7-11;10-6-2-1-5(3-7(6)11)16-8(15-4-17)9(12,13)14/h18-19H,4-17H2,1-3H3;2-10H,1H3,(H,15,16);1-9H,(H,15,16);3-8H,1-2H3,(H,14,15);1-4,8,16H,(H,15,17). The number of furan rings is 1. The first-order valence-electron chi connectivity index (χ1n) is 29.1. The molecular formula is C68H82Cl5IN6O6. The van der Waals surface area contributed by atoms with Crippen LogP contribution in [0.2, 0.25) is 10.0 Å². The van der Waals surface area contributed by atoms with E-state index in [2.05, 4.69) is 74.8 Å². The van der Waals surface area contributed by atoms with E-state index < -0.39 is 9.96 Å². The third-order valence-electron chi connectivity index (χ3n) is 13.3. The first kappa shape index (κ1) is 72.9. The second-order valence-electron chi connectivity index (χ2n) is 20.7. The van der Waals surface area contributed by atoms with Crippen molar-refractivity contribution in [2.24, 2.45) is 0 Å². The number of halogens is 6. The zero-order chi connectivity index (χ0) is 62.7. The molecule has 0 radical (unpaired) electrons. The van der Waals surface area contributed by atoms with E-state index in [1.54, 1.807) is 31.2 Å². The van der Waals surface area contributed by atoms with E-state index in [-0.39, 0.29) is 17.7 Å². The SMILES string of the molecule is CCCCCCCCCCCCCN1CC(C)OC(C)C1.Cc1cc(C(=O)Nc2ccccc2)c(C)o1.Cc1ccccc1C(=O)Nc1ccccc1.O=C(Nc1ccccc1)c1ccccc1I.O=CNC(Nc1ccc(Cl)c(Cl)c1)C(Cl)(Cl)Cl. The minimum Gasteiger partial charge on any atom is -0.466 e. The minimum atomic E-state index is -1.70. The van der Waals surface area contributed by atoms with Crippen molar-refractivity contribution in [3.63, 3.8) is 0 Å². The maximum atomic E-state index is 11.9. The lowest BCUT2D eigenvalue weighted by molar-refractivity contribution is -0.110. The average molecular weight is 1380 g/mol. The van der Waals surface area contributed by atoms with E-state index in [1.807, 2.05) is 153 Å². The topological polar surface area (TPSA) is 154 Å². The second kappa shape index (κ2) is 40.8. The molecule has 1 saturated heterocycles. The number of amides is 4. The number of carbonyl (C=O) groups excluding carboxylic acids is 4. The van der Waals surface area contributed by atoms with Gasteiger partial charge < -0.3 is 35.7 Å². The summed E-state index contributed by atoms with van der Waals surface area (Å²) in [4.78, 5) is 48.7. The second-order valence-corrected chi connectivity index (χ2v) is 25.0. The molecule has 3 atom stereocenters. The van der Waals surface area contributed by atoms with Gasteiger partial charge in [-0.2, -0.15) is 0 Å². The van der Waals surface area contributed by atoms with Crippen molar-refractivity contribution < 1.29 is 28.3 Å². The Balaban J connectivity index is 0.000000231. The lowest BCUT2D eigenvalue weighted by Gasteiger charge is -2.35. The number of alkyl halides is 3. The molecule has 3 unspecified atom stereocenters. The number of para-hydroxylation sites is 3. The van der Waals surface area contributed by atoms with Crippen molar-refractivity contribution in [3.05, 3.63) is 211 Å². The van der Waals surface area contributed by atoms with Gasteiger partial charge in [0.25, 0.3) is 17.7 Å². The summed E-state index contributed by atoms with van der Waals surface area (Å²) in [5.74, 6) is 1.11. The Labute approximate surface area is 548 Å². The number of morpholine rings is 1. The molecule has 6 aromatic carbocycles. The van der Waals surface area contributed by atoms with Crippen LogP contribution in [0.4, 0.5) is 22.7 Å². The lowest BCUT2D eigenvalue weighted by atomic mass is 10.1. The van der Waals surface area contributed by atoms with Crippen LogP contribution in [0.5, 0.6) is 0 Å². The summed E-state index contributed by atoms with van der Waals surface area (Å²) < 4.78 is 10.3. The highest BCUT2D eigenvalue weighted by Crippen LogP contribution is 2.32. The summed E-state index contributed by atoms with van der Waals surface area (Å²) in [6.45, 7) is 15.8. The van der Waals surface area contributed by atoms with Crippen LogP contribution >= 0.6 is 80.6 Å². The summed E-state index contributed by atoms with van der Waals surface area (Å²) in [5.41, 5.74) is 5.95. The normalized spacial score (nSPS) is 13.9. The Bertz CT molecular complexity index is 2980. The molecule has 1 fully saturated rings. The van der Waals surface area contributed by atoms with Crippen LogP contribution in [0.25, 0.3) is 0 Å². The summed E-state index contributed by atoms with van der Waals surface area (Å²) in [7, 11) is 0. The first-order valence-corrected chi connectivity index (χ1v) is 32.1. The molecule has 0 bridgehead atoms. The summed E-state index contributed by atoms with van der Waals surface area (Å²) >= 11 is 30.8.